The van der Waals surface area contributed by atoms with Crippen molar-refractivity contribution < 1.29 is 26.4 Å². The van der Waals surface area contributed by atoms with E-state index in [1.165, 1.54) is 24.3 Å². The van der Waals surface area contributed by atoms with Crippen molar-refractivity contribution >= 4 is 27.3 Å². The molecule has 3 aromatic rings. The molecule has 1 fully saturated rings. The fourth-order valence-electron chi connectivity index (χ4n) is 3.90. The first-order valence-corrected chi connectivity index (χ1v) is 12.4. The highest BCUT2D eigenvalue weighted by molar-refractivity contribution is 7.92. The van der Waals surface area contributed by atoms with Gasteiger partial charge in [0.1, 0.15) is 0 Å². The third kappa shape index (κ3) is 5.59. The molecule has 35 heavy (non-hydrogen) atoms. The minimum atomic E-state index is -4.42. The SMILES string of the molecule is Cc1ccc(C(=O)N2CCN(c3cccc(C(F)(F)F)c3)CC2)cc1NS(=O)(=O)c1ccccc1. The molecule has 1 aliphatic rings. The van der Waals surface area contributed by atoms with Gasteiger partial charge < -0.3 is 9.80 Å². The lowest BCUT2D eigenvalue weighted by atomic mass is 10.1. The standard InChI is InChI=1S/C25H24F3N3O3S/c1-18-10-11-19(16-23(18)29-35(33,34)22-8-3-2-4-9-22)24(32)31-14-12-30(13-15-31)21-7-5-6-20(17-21)25(26,27)28/h2-11,16-17,29H,12-15H2,1H3. The van der Waals surface area contributed by atoms with E-state index < -0.39 is 21.8 Å². The van der Waals surface area contributed by atoms with Gasteiger partial charge in [0, 0.05) is 37.4 Å². The van der Waals surface area contributed by atoms with Gasteiger partial charge >= 0.3 is 6.18 Å². The first kappa shape index (κ1) is 24.6. The topological polar surface area (TPSA) is 69.7 Å². The minimum Gasteiger partial charge on any atom is -0.368 e. The van der Waals surface area contributed by atoms with Gasteiger partial charge in [0.15, 0.2) is 0 Å². The highest BCUT2D eigenvalue weighted by atomic mass is 32.2. The molecule has 0 atom stereocenters. The number of sulfonamides is 1. The third-order valence-electron chi connectivity index (χ3n) is 5.89. The molecule has 1 saturated heterocycles. The van der Waals surface area contributed by atoms with Crippen LogP contribution >= 0.6 is 0 Å². The molecule has 0 saturated carbocycles. The van der Waals surface area contributed by atoms with Crippen molar-refractivity contribution in [3.8, 4) is 0 Å². The predicted octanol–water partition coefficient (Wildman–Crippen LogP) is 4.78. The van der Waals surface area contributed by atoms with Crippen molar-refractivity contribution in [3.63, 3.8) is 0 Å². The number of rotatable bonds is 5. The summed E-state index contributed by atoms with van der Waals surface area (Å²) in [6.45, 7) is 3.16. The van der Waals surface area contributed by atoms with Gasteiger partial charge in [0.25, 0.3) is 15.9 Å². The Labute approximate surface area is 202 Å². The third-order valence-corrected chi connectivity index (χ3v) is 7.27. The van der Waals surface area contributed by atoms with Crippen LogP contribution in [0.1, 0.15) is 21.5 Å². The molecule has 4 rings (SSSR count). The van der Waals surface area contributed by atoms with Crippen molar-refractivity contribution in [2.45, 2.75) is 18.0 Å². The van der Waals surface area contributed by atoms with Crippen LogP contribution in [0.15, 0.2) is 77.7 Å². The van der Waals surface area contributed by atoms with E-state index in [1.807, 2.05) is 4.90 Å². The molecule has 0 aromatic heterocycles. The summed E-state index contributed by atoms with van der Waals surface area (Å²) < 4.78 is 67.1. The number of anilines is 2. The first-order valence-electron chi connectivity index (χ1n) is 10.9. The number of aryl methyl sites for hydroxylation is 1. The second-order valence-electron chi connectivity index (χ2n) is 8.28. The van der Waals surface area contributed by atoms with Crippen molar-refractivity contribution in [2.24, 2.45) is 0 Å². The van der Waals surface area contributed by atoms with E-state index in [-0.39, 0.29) is 10.8 Å². The molecule has 1 N–H and O–H groups in total. The number of benzene rings is 3. The monoisotopic (exact) mass is 503 g/mol. The van der Waals surface area contributed by atoms with Crippen molar-refractivity contribution in [1.29, 1.82) is 0 Å². The molecule has 1 heterocycles. The summed E-state index contributed by atoms with van der Waals surface area (Å²) in [5, 5.41) is 0. The molecule has 3 aromatic carbocycles. The molecule has 0 unspecified atom stereocenters. The van der Waals surface area contributed by atoms with E-state index in [0.29, 0.717) is 48.7 Å². The summed E-state index contributed by atoms with van der Waals surface area (Å²) in [6, 6.07) is 17.9. The second kappa shape index (κ2) is 9.61. The molecule has 0 radical (unpaired) electrons. The number of hydrogen-bond acceptors (Lipinski definition) is 4. The predicted molar refractivity (Wildman–Crippen MR) is 128 cm³/mol. The number of halogens is 3. The second-order valence-corrected chi connectivity index (χ2v) is 9.96. The van der Waals surface area contributed by atoms with E-state index >= 15 is 0 Å². The van der Waals surface area contributed by atoms with Crippen LogP contribution in [0.5, 0.6) is 0 Å². The maximum Gasteiger partial charge on any atom is 0.416 e. The molecule has 184 valence electrons. The maximum atomic E-state index is 13.1. The Hall–Kier alpha value is -3.53. The first-order chi connectivity index (χ1) is 16.5. The Balaban J connectivity index is 1.46. The Bertz CT molecular complexity index is 1320. The molecule has 0 spiro atoms. The van der Waals surface area contributed by atoms with Gasteiger partial charge in [-0.25, -0.2) is 8.42 Å². The van der Waals surface area contributed by atoms with Gasteiger partial charge in [-0.3, -0.25) is 9.52 Å². The van der Waals surface area contributed by atoms with E-state index in [1.54, 1.807) is 48.2 Å². The van der Waals surface area contributed by atoms with Gasteiger partial charge in [-0.2, -0.15) is 13.2 Å². The van der Waals surface area contributed by atoms with E-state index in [2.05, 4.69) is 4.72 Å². The molecule has 0 aliphatic carbocycles. The maximum absolute atomic E-state index is 13.1. The Morgan fingerprint density at radius 3 is 2.23 bits per heavy atom. The number of hydrogen-bond donors (Lipinski definition) is 1. The molecule has 0 bridgehead atoms. The van der Waals surface area contributed by atoms with Crippen LogP contribution in [0.3, 0.4) is 0 Å². The number of nitrogens with zero attached hydrogens (tertiary/aromatic N) is 2. The van der Waals surface area contributed by atoms with Crippen LogP contribution in [0, 0.1) is 6.92 Å². The lowest BCUT2D eigenvalue weighted by molar-refractivity contribution is -0.137. The smallest absolute Gasteiger partial charge is 0.368 e. The Morgan fingerprint density at radius 1 is 0.886 bits per heavy atom. The molecule has 1 amide bonds. The number of amides is 1. The average molecular weight is 504 g/mol. The lowest BCUT2D eigenvalue weighted by Gasteiger charge is -2.36. The zero-order chi connectivity index (χ0) is 25.2. The number of alkyl halides is 3. The summed E-state index contributed by atoms with van der Waals surface area (Å²) >= 11 is 0. The Kier molecular flexibility index (Phi) is 6.75. The summed E-state index contributed by atoms with van der Waals surface area (Å²) in [6.07, 6.45) is -4.42. The normalized spacial score (nSPS) is 14.6. The van der Waals surface area contributed by atoms with Crippen molar-refractivity contribution in [1.82, 2.24) is 4.90 Å². The molecule has 1 aliphatic heterocycles. The number of nitrogens with one attached hydrogen (secondary N) is 1. The number of carbonyl (C=O) groups is 1. The van der Waals surface area contributed by atoms with E-state index in [4.69, 9.17) is 0 Å². The van der Waals surface area contributed by atoms with Crippen LogP contribution in [-0.4, -0.2) is 45.4 Å². The minimum absolute atomic E-state index is 0.113. The fraction of sp³-hybridized carbons (Fsp3) is 0.240. The quantitative estimate of drug-likeness (QED) is 0.544. The lowest BCUT2D eigenvalue weighted by Crippen LogP contribution is -2.48. The number of piperazine rings is 1. The average Bonchev–Trinajstić information content (AvgIpc) is 2.85. The zero-order valence-electron chi connectivity index (χ0n) is 18.9. The summed E-state index contributed by atoms with van der Waals surface area (Å²) in [7, 11) is -3.82. The molecular formula is C25H24F3N3O3S. The highest BCUT2D eigenvalue weighted by Crippen LogP contribution is 2.32. The van der Waals surface area contributed by atoms with Gasteiger partial charge in [0.05, 0.1) is 16.1 Å². The van der Waals surface area contributed by atoms with Crippen LogP contribution < -0.4 is 9.62 Å². The largest absolute Gasteiger partial charge is 0.416 e. The molecular weight excluding hydrogens is 479 g/mol. The van der Waals surface area contributed by atoms with Gasteiger partial charge in [-0.1, -0.05) is 30.3 Å². The van der Waals surface area contributed by atoms with Crippen molar-refractivity contribution in [3.05, 3.63) is 89.5 Å². The van der Waals surface area contributed by atoms with E-state index in [0.717, 1.165) is 12.1 Å². The van der Waals surface area contributed by atoms with Gasteiger partial charge in [0.2, 0.25) is 0 Å². The Morgan fingerprint density at radius 2 is 1.57 bits per heavy atom. The highest BCUT2D eigenvalue weighted by Gasteiger charge is 2.31. The van der Waals surface area contributed by atoms with Crippen LogP contribution in [0.25, 0.3) is 0 Å². The number of carbonyl (C=O) groups excluding carboxylic acids is 1. The summed E-state index contributed by atoms with van der Waals surface area (Å²) in [5.74, 6) is -0.270. The van der Waals surface area contributed by atoms with Crippen LogP contribution in [0.2, 0.25) is 0 Å². The molecule has 10 heteroatoms. The van der Waals surface area contributed by atoms with Gasteiger partial charge in [-0.05, 0) is 55.0 Å². The van der Waals surface area contributed by atoms with E-state index in [9.17, 15) is 26.4 Å². The zero-order valence-corrected chi connectivity index (χ0v) is 19.7. The molecule has 6 nitrogen and oxygen atoms in total. The van der Waals surface area contributed by atoms with Crippen molar-refractivity contribution in [2.75, 3.05) is 35.8 Å². The van der Waals surface area contributed by atoms with Gasteiger partial charge in [-0.15, -0.1) is 0 Å². The summed E-state index contributed by atoms with van der Waals surface area (Å²) in [4.78, 5) is 16.7. The summed E-state index contributed by atoms with van der Waals surface area (Å²) in [5.41, 5.74) is 1.05. The van der Waals surface area contributed by atoms with Crippen LogP contribution in [-0.2, 0) is 16.2 Å². The fourth-order valence-corrected chi connectivity index (χ4v) is 5.04. The van der Waals surface area contributed by atoms with Crippen LogP contribution in [0.4, 0.5) is 24.5 Å².